The van der Waals surface area contributed by atoms with Crippen LogP contribution in [0.5, 0.6) is 0 Å². The smallest absolute Gasteiger partial charge is 0.329 e. The summed E-state index contributed by atoms with van der Waals surface area (Å²) in [5.74, 6) is -0.798. The molecule has 1 aromatic rings. The summed E-state index contributed by atoms with van der Waals surface area (Å²) in [7, 11) is 0. The molecule has 1 fully saturated rings. The Morgan fingerprint density at radius 3 is 2.53 bits per heavy atom. The van der Waals surface area contributed by atoms with Gasteiger partial charge in [-0.05, 0) is 47.8 Å². The van der Waals surface area contributed by atoms with E-state index >= 15 is 0 Å². The summed E-state index contributed by atoms with van der Waals surface area (Å²) in [5, 5.41) is 12.7. The largest absolute Gasteiger partial charge is 0.479 e. The van der Waals surface area contributed by atoms with E-state index < -0.39 is 11.5 Å². The van der Waals surface area contributed by atoms with E-state index in [0.29, 0.717) is 0 Å². The maximum atomic E-state index is 11.5. The van der Waals surface area contributed by atoms with Crippen molar-refractivity contribution in [3.05, 3.63) is 28.7 Å². The minimum atomic E-state index is -0.920. The predicted octanol–water partition coefficient (Wildman–Crippen LogP) is 3.50. The fraction of sp³-hybridized carbons (Fsp3) is 0.462. The zero-order valence-corrected chi connectivity index (χ0v) is 11.5. The summed E-state index contributed by atoms with van der Waals surface area (Å²) in [5.41, 5.74) is -0.254. The van der Waals surface area contributed by atoms with E-state index in [4.69, 9.17) is 0 Å². The van der Waals surface area contributed by atoms with Crippen LogP contribution in [0.3, 0.4) is 0 Å². The summed E-state index contributed by atoms with van der Waals surface area (Å²) in [6.07, 6.45) is 1.90. The number of carbonyl (C=O) groups is 1. The molecule has 1 aliphatic carbocycles. The van der Waals surface area contributed by atoms with Gasteiger partial charge in [0.25, 0.3) is 0 Å². The van der Waals surface area contributed by atoms with Crippen LogP contribution in [-0.4, -0.2) is 16.6 Å². The quantitative estimate of drug-likeness (QED) is 0.894. The van der Waals surface area contributed by atoms with Crippen molar-refractivity contribution in [2.45, 2.75) is 32.2 Å². The van der Waals surface area contributed by atoms with Gasteiger partial charge in [-0.15, -0.1) is 0 Å². The maximum absolute atomic E-state index is 11.5. The zero-order valence-electron chi connectivity index (χ0n) is 9.96. The first-order valence-corrected chi connectivity index (χ1v) is 6.44. The summed E-state index contributed by atoms with van der Waals surface area (Å²) in [6.45, 7) is 3.78. The molecule has 2 rings (SSSR count). The molecule has 0 radical (unpaired) electrons. The minimum absolute atomic E-state index is 0.159. The van der Waals surface area contributed by atoms with Crippen molar-refractivity contribution in [1.29, 1.82) is 0 Å². The highest BCUT2D eigenvalue weighted by Gasteiger charge is 2.58. The van der Waals surface area contributed by atoms with Crippen molar-refractivity contribution in [3.8, 4) is 0 Å². The van der Waals surface area contributed by atoms with Crippen molar-refractivity contribution >= 4 is 27.6 Å². The van der Waals surface area contributed by atoms with E-state index in [2.05, 4.69) is 21.2 Å². The topological polar surface area (TPSA) is 49.3 Å². The third-order valence-corrected chi connectivity index (χ3v) is 4.58. The molecule has 3 nitrogen and oxygen atoms in total. The Kier molecular flexibility index (Phi) is 2.94. The van der Waals surface area contributed by atoms with Crippen molar-refractivity contribution in [3.63, 3.8) is 0 Å². The maximum Gasteiger partial charge on any atom is 0.329 e. The highest BCUT2D eigenvalue weighted by atomic mass is 79.9. The molecular formula is C13H16BrNO2. The number of para-hydroxylation sites is 1. The van der Waals surface area contributed by atoms with Crippen molar-refractivity contribution in [2.75, 3.05) is 5.32 Å². The Morgan fingerprint density at radius 1 is 1.47 bits per heavy atom. The van der Waals surface area contributed by atoms with E-state index in [1.54, 1.807) is 6.92 Å². The van der Waals surface area contributed by atoms with Crippen molar-refractivity contribution < 1.29 is 9.90 Å². The number of carboxylic acid groups (broad SMARTS) is 1. The predicted molar refractivity (Wildman–Crippen MR) is 71.1 cm³/mol. The van der Waals surface area contributed by atoms with Gasteiger partial charge < -0.3 is 10.4 Å². The summed E-state index contributed by atoms with van der Waals surface area (Å²) >= 11 is 3.43. The number of aliphatic carboxylic acids is 1. The molecule has 1 unspecified atom stereocenters. The lowest BCUT2D eigenvalue weighted by molar-refractivity contribution is -0.144. The SMILES string of the molecule is CC1(C(C)(Nc2ccccc2Br)C(=O)O)CC1. The van der Waals surface area contributed by atoms with Crippen LogP contribution in [0.4, 0.5) is 5.69 Å². The van der Waals surface area contributed by atoms with Gasteiger partial charge in [-0.1, -0.05) is 19.1 Å². The molecule has 0 bridgehead atoms. The molecule has 92 valence electrons. The molecule has 4 heteroatoms. The van der Waals surface area contributed by atoms with Gasteiger partial charge in [0.2, 0.25) is 0 Å². The number of hydrogen-bond acceptors (Lipinski definition) is 2. The third kappa shape index (κ3) is 2.06. The molecule has 0 aromatic heterocycles. The molecule has 0 heterocycles. The highest BCUT2D eigenvalue weighted by Crippen LogP contribution is 2.55. The second-order valence-electron chi connectivity index (χ2n) is 5.10. The summed E-state index contributed by atoms with van der Waals surface area (Å²) in [4.78, 5) is 11.5. The molecule has 2 N–H and O–H groups in total. The van der Waals surface area contributed by atoms with Gasteiger partial charge in [-0.3, -0.25) is 0 Å². The van der Waals surface area contributed by atoms with E-state index in [1.807, 2.05) is 31.2 Å². The normalized spacial score (nSPS) is 20.4. The van der Waals surface area contributed by atoms with Crippen LogP contribution >= 0.6 is 15.9 Å². The van der Waals surface area contributed by atoms with Gasteiger partial charge in [0, 0.05) is 15.6 Å². The van der Waals surface area contributed by atoms with Gasteiger partial charge in [-0.2, -0.15) is 0 Å². The number of halogens is 1. The lowest BCUT2D eigenvalue weighted by Gasteiger charge is -2.34. The first-order valence-electron chi connectivity index (χ1n) is 5.65. The van der Waals surface area contributed by atoms with Crippen LogP contribution in [0.25, 0.3) is 0 Å². The standard InChI is InChI=1S/C13H16BrNO2/c1-12(7-8-12)13(2,11(16)17)15-10-6-4-3-5-9(10)14/h3-6,15H,7-8H2,1-2H3,(H,16,17). The molecule has 0 amide bonds. The molecule has 0 aliphatic heterocycles. The molecule has 1 aromatic carbocycles. The Hall–Kier alpha value is -1.03. The lowest BCUT2D eigenvalue weighted by atomic mass is 9.83. The number of anilines is 1. The fourth-order valence-electron chi connectivity index (χ4n) is 1.98. The molecule has 1 atom stereocenters. The number of carboxylic acids is 1. The number of benzene rings is 1. The molecule has 1 saturated carbocycles. The Bertz CT molecular complexity index is 456. The van der Waals surface area contributed by atoms with Crippen LogP contribution in [0, 0.1) is 5.41 Å². The Morgan fingerprint density at radius 2 is 2.06 bits per heavy atom. The fourth-order valence-corrected chi connectivity index (χ4v) is 2.37. The number of nitrogens with one attached hydrogen (secondary N) is 1. The highest BCUT2D eigenvalue weighted by molar-refractivity contribution is 9.10. The molecule has 0 spiro atoms. The molecular weight excluding hydrogens is 282 g/mol. The van der Waals surface area contributed by atoms with E-state index in [-0.39, 0.29) is 5.41 Å². The van der Waals surface area contributed by atoms with Crippen LogP contribution in [0.2, 0.25) is 0 Å². The third-order valence-electron chi connectivity index (χ3n) is 3.89. The molecule has 17 heavy (non-hydrogen) atoms. The van der Waals surface area contributed by atoms with Crippen LogP contribution in [0.1, 0.15) is 26.7 Å². The van der Waals surface area contributed by atoms with E-state index in [9.17, 15) is 9.90 Å². The van der Waals surface area contributed by atoms with E-state index in [0.717, 1.165) is 23.0 Å². The second kappa shape index (κ2) is 4.02. The number of hydrogen-bond donors (Lipinski definition) is 2. The minimum Gasteiger partial charge on any atom is -0.479 e. The van der Waals surface area contributed by atoms with Gasteiger partial charge in [0.05, 0.1) is 0 Å². The van der Waals surface area contributed by atoms with Crippen LogP contribution < -0.4 is 5.32 Å². The Balaban J connectivity index is 2.32. The monoisotopic (exact) mass is 297 g/mol. The van der Waals surface area contributed by atoms with Crippen LogP contribution in [-0.2, 0) is 4.79 Å². The van der Waals surface area contributed by atoms with Gasteiger partial charge in [-0.25, -0.2) is 4.79 Å². The van der Waals surface area contributed by atoms with Crippen molar-refractivity contribution in [2.24, 2.45) is 5.41 Å². The first kappa shape index (κ1) is 12.4. The van der Waals surface area contributed by atoms with Crippen molar-refractivity contribution in [1.82, 2.24) is 0 Å². The van der Waals surface area contributed by atoms with Gasteiger partial charge >= 0.3 is 5.97 Å². The molecule has 1 aliphatic rings. The summed E-state index contributed by atoms with van der Waals surface area (Å²) in [6, 6.07) is 7.59. The molecule has 0 saturated heterocycles. The van der Waals surface area contributed by atoms with E-state index in [1.165, 1.54) is 0 Å². The number of rotatable bonds is 4. The lowest BCUT2D eigenvalue weighted by Crippen LogP contribution is -2.50. The average Bonchev–Trinajstić information content (AvgIpc) is 3.01. The van der Waals surface area contributed by atoms with Gasteiger partial charge in [0.15, 0.2) is 0 Å². The van der Waals surface area contributed by atoms with Crippen LogP contribution in [0.15, 0.2) is 28.7 Å². The average molecular weight is 298 g/mol. The zero-order chi connectivity index (χ0) is 12.7. The van der Waals surface area contributed by atoms with Gasteiger partial charge in [0.1, 0.15) is 5.54 Å². The first-order chi connectivity index (χ1) is 7.89. The Labute approximate surface area is 109 Å². The second-order valence-corrected chi connectivity index (χ2v) is 5.95. The summed E-state index contributed by atoms with van der Waals surface area (Å²) < 4.78 is 0.886.